The molecule has 0 saturated heterocycles. The van der Waals surface area contributed by atoms with E-state index >= 15 is 0 Å². The van der Waals surface area contributed by atoms with E-state index < -0.39 is 0 Å². The number of thiazole rings is 1. The molecule has 3 N–H and O–H groups in total. The Labute approximate surface area is 204 Å². The second-order valence-electron chi connectivity index (χ2n) is 8.39. The molecule has 2 amide bonds. The summed E-state index contributed by atoms with van der Waals surface area (Å²) in [6.45, 7) is 0. The average molecular weight is 481 g/mol. The topological polar surface area (TPSA) is 113 Å². The van der Waals surface area contributed by atoms with Crippen molar-refractivity contribution in [3.63, 3.8) is 0 Å². The first-order chi connectivity index (χ1) is 17.1. The fourth-order valence-corrected chi connectivity index (χ4v) is 4.60. The molecule has 8 nitrogen and oxygen atoms in total. The number of carbonyl (C=O) groups is 2. The number of anilines is 2. The number of nitrogens with one attached hydrogen (secondary N) is 3. The molecular weight excluding hydrogens is 460 g/mol. The Hall–Kier alpha value is -4.37. The normalized spacial score (nSPS) is 13.0. The lowest BCUT2D eigenvalue weighted by atomic mass is 10.1. The van der Waals surface area contributed by atoms with E-state index in [2.05, 4.69) is 25.8 Å². The number of fused-ring (bicyclic) bond motifs is 1. The van der Waals surface area contributed by atoms with Gasteiger partial charge < -0.3 is 10.6 Å². The molecule has 1 saturated carbocycles. The number of benzene rings is 2. The second kappa shape index (κ2) is 8.77. The van der Waals surface area contributed by atoms with Crippen molar-refractivity contribution in [2.45, 2.75) is 12.8 Å². The van der Waals surface area contributed by atoms with Crippen molar-refractivity contribution in [2.75, 3.05) is 10.6 Å². The van der Waals surface area contributed by atoms with E-state index in [9.17, 15) is 9.59 Å². The van der Waals surface area contributed by atoms with Gasteiger partial charge in [-0.05, 0) is 60.9 Å². The summed E-state index contributed by atoms with van der Waals surface area (Å²) in [4.78, 5) is 34.9. The first kappa shape index (κ1) is 21.2. The molecule has 35 heavy (non-hydrogen) atoms. The molecule has 0 bridgehead atoms. The Morgan fingerprint density at radius 2 is 1.77 bits per heavy atom. The minimum absolute atomic E-state index is 0.0268. The van der Waals surface area contributed by atoms with Crippen LogP contribution in [0.4, 0.5) is 10.8 Å². The zero-order valence-corrected chi connectivity index (χ0v) is 19.3. The number of carbonyl (C=O) groups excluding carboxylic acids is 2. The highest BCUT2D eigenvalue weighted by Crippen LogP contribution is 2.32. The first-order valence-electron chi connectivity index (χ1n) is 11.2. The van der Waals surface area contributed by atoms with Crippen LogP contribution in [-0.4, -0.2) is 32.0 Å². The van der Waals surface area contributed by atoms with Crippen molar-refractivity contribution >= 4 is 44.3 Å². The molecule has 2 aromatic carbocycles. The number of H-pyrrole nitrogens is 1. The van der Waals surface area contributed by atoms with Gasteiger partial charge in [-0.3, -0.25) is 14.7 Å². The maximum Gasteiger partial charge on any atom is 0.255 e. The van der Waals surface area contributed by atoms with Crippen LogP contribution in [0.25, 0.3) is 32.9 Å². The van der Waals surface area contributed by atoms with Crippen molar-refractivity contribution in [1.29, 1.82) is 0 Å². The third kappa shape index (κ3) is 4.53. The van der Waals surface area contributed by atoms with Gasteiger partial charge in [0.05, 0.1) is 11.4 Å². The lowest BCUT2D eigenvalue weighted by Gasteiger charge is -2.08. The van der Waals surface area contributed by atoms with Gasteiger partial charge in [0, 0.05) is 28.9 Å². The molecule has 6 rings (SSSR count). The summed E-state index contributed by atoms with van der Waals surface area (Å²) in [5, 5.41) is 13.3. The van der Waals surface area contributed by atoms with E-state index in [0.29, 0.717) is 16.4 Å². The standard InChI is InChI=1S/C26H20N6O2S/c33-23(16-4-5-16)31-26-30-22-11-10-20(29-25(22)35-26)17-2-1-3-18(14-17)24(34)28-19-8-6-15(7-9-19)21-12-13-27-32-21/h1-3,6-14,16H,4-5H2,(H,27,32)(H,28,34)(H,30,31,33). The highest BCUT2D eigenvalue weighted by molar-refractivity contribution is 7.22. The molecule has 1 aliphatic carbocycles. The van der Waals surface area contributed by atoms with Crippen LogP contribution in [-0.2, 0) is 4.79 Å². The van der Waals surface area contributed by atoms with Crippen molar-refractivity contribution in [2.24, 2.45) is 5.92 Å². The van der Waals surface area contributed by atoms with Crippen LogP contribution in [0, 0.1) is 5.92 Å². The lowest BCUT2D eigenvalue weighted by molar-refractivity contribution is -0.117. The first-order valence-corrected chi connectivity index (χ1v) is 12.0. The summed E-state index contributed by atoms with van der Waals surface area (Å²) >= 11 is 1.35. The molecule has 0 spiro atoms. The number of aromatic amines is 1. The number of amides is 2. The molecule has 3 heterocycles. The molecule has 172 valence electrons. The molecule has 0 aliphatic heterocycles. The SMILES string of the molecule is O=C(Nc1ccc(-c2ccn[nH]2)cc1)c1cccc(-c2ccc3nc(NC(=O)C4CC4)sc3n2)c1. The van der Waals surface area contributed by atoms with Gasteiger partial charge >= 0.3 is 0 Å². The van der Waals surface area contributed by atoms with Gasteiger partial charge in [0.15, 0.2) is 5.13 Å². The van der Waals surface area contributed by atoms with Crippen LogP contribution in [0.15, 0.2) is 72.9 Å². The van der Waals surface area contributed by atoms with E-state index in [1.54, 1.807) is 12.3 Å². The van der Waals surface area contributed by atoms with Crippen molar-refractivity contribution in [1.82, 2.24) is 20.2 Å². The Kier molecular flexibility index (Phi) is 5.31. The summed E-state index contributed by atoms with van der Waals surface area (Å²) in [5.41, 5.74) is 5.43. The third-order valence-corrected chi connectivity index (χ3v) is 6.69. The number of pyridine rings is 1. The highest BCUT2D eigenvalue weighted by atomic mass is 32.1. The molecule has 1 fully saturated rings. The van der Waals surface area contributed by atoms with Gasteiger partial charge in [-0.15, -0.1) is 0 Å². The molecular formula is C26H20N6O2S. The predicted molar refractivity (Wildman–Crippen MR) is 136 cm³/mol. The average Bonchev–Trinajstić information content (AvgIpc) is 3.44. The molecule has 1 aliphatic rings. The summed E-state index contributed by atoms with van der Waals surface area (Å²) in [5.74, 6) is -0.0577. The van der Waals surface area contributed by atoms with Gasteiger partial charge in [0.1, 0.15) is 10.3 Å². The zero-order valence-electron chi connectivity index (χ0n) is 18.5. The fraction of sp³-hybridized carbons (Fsp3) is 0.115. The van der Waals surface area contributed by atoms with E-state index in [1.807, 2.05) is 60.7 Å². The Balaban J connectivity index is 1.19. The van der Waals surface area contributed by atoms with Gasteiger partial charge in [0.25, 0.3) is 5.91 Å². The highest BCUT2D eigenvalue weighted by Gasteiger charge is 2.30. The van der Waals surface area contributed by atoms with Crippen LogP contribution in [0.2, 0.25) is 0 Å². The van der Waals surface area contributed by atoms with Crippen molar-refractivity contribution in [3.8, 4) is 22.5 Å². The Morgan fingerprint density at radius 1 is 0.914 bits per heavy atom. The maximum atomic E-state index is 12.9. The number of rotatable bonds is 6. The van der Waals surface area contributed by atoms with E-state index in [0.717, 1.165) is 45.7 Å². The van der Waals surface area contributed by atoms with E-state index in [4.69, 9.17) is 4.98 Å². The quantitative estimate of drug-likeness (QED) is 0.303. The summed E-state index contributed by atoms with van der Waals surface area (Å²) < 4.78 is 0. The number of aromatic nitrogens is 4. The fourth-order valence-electron chi connectivity index (χ4n) is 3.76. The van der Waals surface area contributed by atoms with E-state index in [-0.39, 0.29) is 17.7 Å². The zero-order chi connectivity index (χ0) is 23.8. The van der Waals surface area contributed by atoms with Gasteiger partial charge in [-0.2, -0.15) is 5.10 Å². The molecule has 5 aromatic rings. The van der Waals surface area contributed by atoms with E-state index in [1.165, 1.54) is 11.3 Å². The van der Waals surface area contributed by atoms with Gasteiger partial charge in [0.2, 0.25) is 5.91 Å². The van der Waals surface area contributed by atoms with Gasteiger partial charge in [-0.25, -0.2) is 9.97 Å². The molecule has 0 radical (unpaired) electrons. The second-order valence-corrected chi connectivity index (χ2v) is 9.36. The Morgan fingerprint density at radius 3 is 2.54 bits per heavy atom. The largest absolute Gasteiger partial charge is 0.322 e. The van der Waals surface area contributed by atoms with Crippen LogP contribution in [0.1, 0.15) is 23.2 Å². The number of nitrogens with zero attached hydrogens (tertiary/aromatic N) is 3. The van der Waals surface area contributed by atoms with Crippen molar-refractivity contribution < 1.29 is 9.59 Å². The van der Waals surface area contributed by atoms with Crippen LogP contribution in [0.5, 0.6) is 0 Å². The maximum absolute atomic E-state index is 12.9. The minimum Gasteiger partial charge on any atom is -0.322 e. The lowest BCUT2D eigenvalue weighted by Crippen LogP contribution is -2.12. The summed E-state index contributed by atoms with van der Waals surface area (Å²) in [6, 6.07) is 20.6. The molecule has 9 heteroatoms. The predicted octanol–water partition coefficient (Wildman–Crippen LogP) is 5.35. The smallest absolute Gasteiger partial charge is 0.255 e. The summed E-state index contributed by atoms with van der Waals surface area (Å²) in [6.07, 6.45) is 3.59. The Bertz CT molecular complexity index is 1540. The minimum atomic E-state index is -0.204. The molecule has 3 aromatic heterocycles. The van der Waals surface area contributed by atoms with Crippen molar-refractivity contribution in [3.05, 3.63) is 78.5 Å². The third-order valence-electron chi connectivity index (χ3n) is 5.81. The van der Waals surface area contributed by atoms with Gasteiger partial charge in [-0.1, -0.05) is 35.6 Å². The van der Waals surface area contributed by atoms with Crippen LogP contribution in [0.3, 0.4) is 0 Å². The molecule has 0 unspecified atom stereocenters. The molecule has 0 atom stereocenters. The van der Waals surface area contributed by atoms with Crippen LogP contribution >= 0.6 is 11.3 Å². The monoisotopic (exact) mass is 480 g/mol. The number of hydrogen-bond donors (Lipinski definition) is 3. The summed E-state index contributed by atoms with van der Waals surface area (Å²) in [7, 11) is 0. The number of hydrogen-bond acceptors (Lipinski definition) is 6. The van der Waals surface area contributed by atoms with Crippen LogP contribution < -0.4 is 10.6 Å².